The maximum absolute atomic E-state index is 11.8. The second-order valence-corrected chi connectivity index (χ2v) is 4.14. The number of nitriles is 1. The highest BCUT2D eigenvalue weighted by Gasteiger charge is 2.18. The molecule has 1 aromatic rings. The summed E-state index contributed by atoms with van der Waals surface area (Å²) in [5, 5.41) is 27.3. The molecule has 1 rings (SSSR count). The Morgan fingerprint density at radius 2 is 1.85 bits per heavy atom. The van der Waals surface area contributed by atoms with Crippen molar-refractivity contribution in [2.75, 3.05) is 7.11 Å². The molecule has 0 aromatic heterocycles. The fourth-order valence-electron chi connectivity index (χ4n) is 1.58. The number of carbonyl (C=O) groups is 2. The van der Waals surface area contributed by atoms with Crippen LogP contribution in [-0.2, 0) is 9.53 Å². The third-order valence-electron chi connectivity index (χ3n) is 2.79. The zero-order valence-corrected chi connectivity index (χ0v) is 10.9. The summed E-state index contributed by atoms with van der Waals surface area (Å²) in [5.41, 5.74) is 0.722. The smallest absolute Gasteiger partial charge is 0.305 e. The number of carbonyl (C=O) groups excluding carboxylic acids is 2. The van der Waals surface area contributed by atoms with Gasteiger partial charge in [-0.05, 0) is 5.56 Å². The van der Waals surface area contributed by atoms with Gasteiger partial charge in [0.1, 0.15) is 6.10 Å². The second-order valence-electron chi connectivity index (χ2n) is 4.14. The number of ether oxygens (including phenoxy) is 1. The van der Waals surface area contributed by atoms with Crippen molar-refractivity contribution in [1.82, 2.24) is 0 Å². The molecule has 0 saturated heterocycles. The molecule has 0 fully saturated rings. The standard InChI is InChI=1S/C14H15NO5/c1-20-13(18)7-6-11(16)9-2-4-10(5-3-9)14(19)12(17)8-15/h2-5,12,14,17,19H,6-7H2,1H3. The minimum Gasteiger partial charge on any atom is -0.469 e. The summed E-state index contributed by atoms with van der Waals surface area (Å²) in [7, 11) is 1.25. The lowest BCUT2D eigenvalue weighted by molar-refractivity contribution is -0.140. The number of aliphatic hydroxyl groups excluding tert-OH is 2. The van der Waals surface area contributed by atoms with Gasteiger partial charge in [0.25, 0.3) is 0 Å². The Bertz CT molecular complexity index is 517. The number of hydrogen-bond donors (Lipinski definition) is 2. The van der Waals surface area contributed by atoms with Gasteiger partial charge in [-0.25, -0.2) is 0 Å². The van der Waals surface area contributed by atoms with E-state index in [0.29, 0.717) is 11.1 Å². The Morgan fingerprint density at radius 3 is 2.35 bits per heavy atom. The Morgan fingerprint density at radius 1 is 1.25 bits per heavy atom. The van der Waals surface area contributed by atoms with Crippen molar-refractivity contribution in [2.24, 2.45) is 0 Å². The van der Waals surface area contributed by atoms with Gasteiger partial charge in [-0.1, -0.05) is 24.3 Å². The van der Waals surface area contributed by atoms with Gasteiger partial charge in [-0.3, -0.25) is 9.59 Å². The van der Waals surface area contributed by atoms with E-state index in [4.69, 9.17) is 5.26 Å². The first-order valence-corrected chi connectivity index (χ1v) is 5.95. The van der Waals surface area contributed by atoms with Crippen molar-refractivity contribution in [3.63, 3.8) is 0 Å². The summed E-state index contributed by atoms with van der Waals surface area (Å²) >= 11 is 0. The zero-order chi connectivity index (χ0) is 15.1. The molecule has 0 saturated carbocycles. The molecule has 6 nitrogen and oxygen atoms in total. The van der Waals surface area contributed by atoms with Gasteiger partial charge in [0, 0.05) is 12.0 Å². The maximum Gasteiger partial charge on any atom is 0.305 e. The van der Waals surface area contributed by atoms with Crippen LogP contribution in [-0.4, -0.2) is 35.2 Å². The Hall–Kier alpha value is -2.23. The molecule has 0 aliphatic carbocycles. The predicted molar refractivity (Wildman–Crippen MR) is 68.6 cm³/mol. The van der Waals surface area contributed by atoms with E-state index >= 15 is 0 Å². The molecule has 2 N–H and O–H groups in total. The first-order chi connectivity index (χ1) is 9.49. The van der Waals surface area contributed by atoms with E-state index in [0.717, 1.165) is 0 Å². The molecule has 106 valence electrons. The lowest BCUT2D eigenvalue weighted by Crippen LogP contribution is -2.15. The average molecular weight is 277 g/mol. The van der Waals surface area contributed by atoms with Crippen LogP contribution in [0.15, 0.2) is 24.3 Å². The number of rotatable bonds is 6. The monoisotopic (exact) mass is 277 g/mol. The summed E-state index contributed by atoms with van der Waals surface area (Å²) in [6, 6.07) is 7.39. The predicted octanol–water partition coefficient (Wildman–Crippen LogP) is 0.740. The quantitative estimate of drug-likeness (QED) is 0.451. The number of hydrogen-bond acceptors (Lipinski definition) is 6. The third kappa shape index (κ3) is 4.16. The van der Waals surface area contributed by atoms with Crippen molar-refractivity contribution < 1.29 is 24.5 Å². The molecule has 0 radical (unpaired) electrons. The molecular formula is C14H15NO5. The van der Waals surface area contributed by atoms with Crippen LogP contribution in [0.4, 0.5) is 0 Å². The lowest BCUT2D eigenvalue weighted by atomic mass is 10.0. The van der Waals surface area contributed by atoms with E-state index < -0.39 is 18.2 Å². The van der Waals surface area contributed by atoms with Gasteiger partial charge in [0.15, 0.2) is 11.9 Å². The van der Waals surface area contributed by atoms with E-state index in [1.807, 2.05) is 0 Å². The van der Waals surface area contributed by atoms with Crippen molar-refractivity contribution >= 4 is 11.8 Å². The highest BCUT2D eigenvalue weighted by atomic mass is 16.5. The van der Waals surface area contributed by atoms with Crippen LogP contribution >= 0.6 is 0 Å². The number of aliphatic hydroxyl groups is 2. The van der Waals surface area contributed by atoms with Gasteiger partial charge >= 0.3 is 5.97 Å². The molecular weight excluding hydrogens is 262 g/mol. The Balaban J connectivity index is 2.69. The fraction of sp³-hybridized carbons (Fsp3) is 0.357. The van der Waals surface area contributed by atoms with Crippen molar-refractivity contribution in [3.8, 4) is 6.07 Å². The zero-order valence-electron chi connectivity index (χ0n) is 10.9. The molecule has 0 heterocycles. The van der Waals surface area contributed by atoms with Crippen LogP contribution in [0.2, 0.25) is 0 Å². The van der Waals surface area contributed by atoms with Crippen LogP contribution in [0.3, 0.4) is 0 Å². The summed E-state index contributed by atoms with van der Waals surface area (Å²) in [6.07, 6.45) is -2.79. The van der Waals surface area contributed by atoms with Crippen LogP contribution in [0, 0.1) is 11.3 Å². The molecule has 0 amide bonds. The Kier molecular flexibility index (Phi) is 5.84. The first kappa shape index (κ1) is 15.8. The summed E-state index contributed by atoms with van der Waals surface area (Å²) in [6.45, 7) is 0. The van der Waals surface area contributed by atoms with Crippen LogP contribution in [0.25, 0.3) is 0 Å². The highest BCUT2D eigenvalue weighted by Crippen LogP contribution is 2.18. The van der Waals surface area contributed by atoms with Gasteiger partial charge in [-0.2, -0.15) is 5.26 Å². The largest absolute Gasteiger partial charge is 0.469 e. The van der Waals surface area contributed by atoms with Gasteiger partial charge in [0.05, 0.1) is 19.6 Å². The molecule has 0 spiro atoms. The highest BCUT2D eigenvalue weighted by molar-refractivity contribution is 5.97. The number of Topliss-reactive ketones (excluding diaryl/α,β-unsaturated/α-hetero) is 1. The minimum absolute atomic E-state index is 0.00680. The maximum atomic E-state index is 11.8. The Labute approximate surface area is 116 Å². The number of methoxy groups -OCH3 is 1. The topological polar surface area (TPSA) is 108 Å². The molecule has 6 heteroatoms. The molecule has 2 atom stereocenters. The van der Waals surface area contributed by atoms with Crippen molar-refractivity contribution in [1.29, 1.82) is 5.26 Å². The van der Waals surface area contributed by atoms with Crippen LogP contribution in [0.5, 0.6) is 0 Å². The van der Waals surface area contributed by atoms with E-state index in [-0.39, 0.29) is 18.6 Å². The van der Waals surface area contributed by atoms with Crippen molar-refractivity contribution in [2.45, 2.75) is 25.0 Å². The molecule has 1 aromatic carbocycles. The van der Waals surface area contributed by atoms with Gasteiger partial charge in [-0.15, -0.1) is 0 Å². The minimum atomic E-state index is -1.52. The number of nitrogens with zero attached hydrogens (tertiary/aromatic N) is 1. The van der Waals surface area contributed by atoms with Gasteiger partial charge in [0.2, 0.25) is 0 Å². The number of ketones is 1. The summed E-state index contributed by atoms with van der Waals surface area (Å²) in [4.78, 5) is 22.7. The lowest BCUT2D eigenvalue weighted by Gasteiger charge is -2.12. The van der Waals surface area contributed by atoms with Crippen molar-refractivity contribution in [3.05, 3.63) is 35.4 Å². The van der Waals surface area contributed by atoms with Crippen LogP contribution < -0.4 is 0 Å². The van der Waals surface area contributed by atoms with E-state index in [1.165, 1.54) is 37.4 Å². The SMILES string of the molecule is COC(=O)CCC(=O)c1ccc(C(O)C(O)C#N)cc1. The molecule has 0 aliphatic rings. The van der Waals surface area contributed by atoms with E-state index in [9.17, 15) is 19.8 Å². The number of esters is 1. The average Bonchev–Trinajstić information content (AvgIpc) is 2.50. The van der Waals surface area contributed by atoms with E-state index in [1.54, 1.807) is 0 Å². The number of benzene rings is 1. The molecule has 0 aliphatic heterocycles. The van der Waals surface area contributed by atoms with Crippen LogP contribution in [0.1, 0.15) is 34.9 Å². The molecule has 20 heavy (non-hydrogen) atoms. The second kappa shape index (κ2) is 7.38. The molecule has 2 unspecified atom stereocenters. The normalized spacial score (nSPS) is 13.1. The van der Waals surface area contributed by atoms with E-state index in [2.05, 4.69) is 4.74 Å². The first-order valence-electron chi connectivity index (χ1n) is 5.95. The third-order valence-corrected chi connectivity index (χ3v) is 2.79. The fourth-order valence-corrected chi connectivity index (χ4v) is 1.58. The summed E-state index contributed by atoms with van der Waals surface area (Å²) < 4.78 is 4.44. The summed E-state index contributed by atoms with van der Waals surface area (Å²) in [5.74, 6) is -0.681. The van der Waals surface area contributed by atoms with Gasteiger partial charge < -0.3 is 14.9 Å². The molecule has 0 bridgehead atoms.